The lowest BCUT2D eigenvalue weighted by atomic mass is 10.1. The number of benzene rings is 2. The first-order chi connectivity index (χ1) is 12.7. The number of hydrogen-bond acceptors (Lipinski definition) is 3. The molecular weight excluding hydrogens is 406 g/mol. The molecule has 0 spiro atoms. The van der Waals surface area contributed by atoms with Gasteiger partial charge in [-0.1, -0.05) is 41.4 Å². The van der Waals surface area contributed by atoms with Crippen LogP contribution in [0.4, 0.5) is 13.2 Å². The highest BCUT2D eigenvalue weighted by Crippen LogP contribution is 2.31. The van der Waals surface area contributed by atoms with Gasteiger partial charge in [-0.05, 0) is 24.3 Å². The van der Waals surface area contributed by atoms with Crippen molar-refractivity contribution in [3.05, 3.63) is 69.2 Å². The molecular formula is C17H12Cl2F3N3O2. The molecule has 2 rings (SSSR count). The van der Waals surface area contributed by atoms with Crippen molar-refractivity contribution in [2.45, 2.75) is 6.18 Å². The van der Waals surface area contributed by atoms with Crippen LogP contribution in [0, 0.1) is 0 Å². The van der Waals surface area contributed by atoms with Crippen LogP contribution in [-0.4, -0.2) is 24.6 Å². The highest BCUT2D eigenvalue weighted by Gasteiger charge is 2.34. The molecule has 0 radical (unpaired) electrons. The molecule has 142 valence electrons. The van der Waals surface area contributed by atoms with E-state index in [2.05, 4.69) is 15.8 Å². The van der Waals surface area contributed by atoms with Crippen LogP contribution in [0.3, 0.4) is 0 Å². The number of alkyl halides is 3. The number of amides is 2. The van der Waals surface area contributed by atoms with Gasteiger partial charge in [-0.3, -0.25) is 9.59 Å². The Balaban J connectivity index is 1.92. The summed E-state index contributed by atoms with van der Waals surface area (Å²) in [6.07, 6.45) is -3.42. The van der Waals surface area contributed by atoms with Crippen molar-refractivity contribution in [2.24, 2.45) is 5.10 Å². The van der Waals surface area contributed by atoms with Crippen molar-refractivity contribution in [1.29, 1.82) is 0 Å². The van der Waals surface area contributed by atoms with E-state index in [0.29, 0.717) is 15.6 Å². The zero-order valence-corrected chi connectivity index (χ0v) is 15.0. The summed E-state index contributed by atoms with van der Waals surface area (Å²) in [6, 6.07) is 8.93. The van der Waals surface area contributed by atoms with E-state index >= 15 is 0 Å². The van der Waals surface area contributed by atoms with Gasteiger partial charge in [0.2, 0.25) is 0 Å². The Bertz CT molecular complexity index is 886. The molecule has 0 bridgehead atoms. The number of hydrogen-bond donors (Lipinski definition) is 2. The molecule has 2 amide bonds. The molecule has 0 unspecified atom stereocenters. The van der Waals surface area contributed by atoms with Crippen molar-refractivity contribution < 1.29 is 22.8 Å². The number of nitrogens with zero attached hydrogens (tertiary/aromatic N) is 1. The van der Waals surface area contributed by atoms with Gasteiger partial charge in [0.25, 0.3) is 11.8 Å². The van der Waals surface area contributed by atoms with Crippen LogP contribution in [0.1, 0.15) is 21.5 Å². The Morgan fingerprint density at radius 3 is 2.48 bits per heavy atom. The lowest BCUT2D eigenvalue weighted by Crippen LogP contribution is -2.35. The maximum atomic E-state index is 12.9. The van der Waals surface area contributed by atoms with E-state index in [1.807, 2.05) is 0 Å². The zero-order chi connectivity index (χ0) is 20.0. The van der Waals surface area contributed by atoms with Gasteiger partial charge in [0, 0.05) is 10.6 Å². The van der Waals surface area contributed by atoms with E-state index in [4.69, 9.17) is 23.2 Å². The van der Waals surface area contributed by atoms with Gasteiger partial charge < -0.3 is 5.32 Å². The van der Waals surface area contributed by atoms with Gasteiger partial charge in [0.05, 0.1) is 28.9 Å². The van der Waals surface area contributed by atoms with Gasteiger partial charge in [0.1, 0.15) is 0 Å². The lowest BCUT2D eigenvalue weighted by Gasteiger charge is -2.12. The van der Waals surface area contributed by atoms with E-state index in [1.165, 1.54) is 24.4 Å². The molecule has 2 N–H and O–H groups in total. The first-order valence-electron chi connectivity index (χ1n) is 7.40. The summed E-state index contributed by atoms with van der Waals surface area (Å²) in [5.74, 6) is -1.75. The first kappa shape index (κ1) is 20.7. The Hall–Kier alpha value is -2.58. The molecule has 0 aliphatic heterocycles. The number of halogens is 5. The summed E-state index contributed by atoms with van der Waals surface area (Å²) >= 11 is 11.7. The number of rotatable bonds is 5. The second-order valence-electron chi connectivity index (χ2n) is 5.19. The maximum Gasteiger partial charge on any atom is 0.417 e. The molecule has 0 atom stereocenters. The normalized spacial score (nSPS) is 11.4. The van der Waals surface area contributed by atoms with Crippen LogP contribution in [0.25, 0.3) is 0 Å². The van der Waals surface area contributed by atoms with Crippen molar-refractivity contribution in [3.8, 4) is 0 Å². The van der Waals surface area contributed by atoms with E-state index in [0.717, 1.165) is 12.1 Å². The Labute approximate surface area is 162 Å². The van der Waals surface area contributed by atoms with Crippen LogP contribution in [0.15, 0.2) is 47.6 Å². The third-order valence-electron chi connectivity index (χ3n) is 3.24. The van der Waals surface area contributed by atoms with Gasteiger partial charge in [-0.25, -0.2) is 5.43 Å². The minimum atomic E-state index is -4.68. The summed E-state index contributed by atoms with van der Waals surface area (Å²) in [7, 11) is 0. The quantitative estimate of drug-likeness (QED) is 0.572. The second-order valence-corrected chi connectivity index (χ2v) is 6.03. The first-order valence-corrected chi connectivity index (χ1v) is 8.15. The number of carbonyl (C=O) groups is 2. The number of nitrogens with one attached hydrogen (secondary N) is 2. The highest BCUT2D eigenvalue weighted by molar-refractivity contribution is 6.36. The zero-order valence-electron chi connectivity index (χ0n) is 13.5. The van der Waals surface area contributed by atoms with Crippen LogP contribution < -0.4 is 10.7 Å². The molecule has 2 aromatic rings. The van der Waals surface area contributed by atoms with Crippen molar-refractivity contribution in [1.82, 2.24) is 10.7 Å². The topological polar surface area (TPSA) is 70.6 Å². The van der Waals surface area contributed by atoms with E-state index < -0.39 is 35.7 Å². The molecule has 0 aliphatic rings. The molecule has 0 saturated heterocycles. The second kappa shape index (κ2) is 8.88. The van der Waals surface area contributed by atoms with Crippen molar-refractivity contribution >= 4 is 41.2 Å². The Morgan fingerprint density at radius 1 is 1.11 bits per heavy atom. The summed E-state index contributed by atoms with van der Waals surface area (Å²) in [4.78, 5) is 23.6. The maximum absolute atomic E-state index is 12.9. The van der Waals surface area contributed by atoms with E-state index in [9.17, 15) is 22.8 Å². The molecule has 0 saturated carbocycles. The molecule has 0 aliphatic carbocycles. The Kier molecular flexibility index (Phi) is 6.81. The van der Waals surface area contributed by atoms with Crippen LogP contribution in [0.5, 0.6) is 0 Å². The standard InChI is InChI=1S/C17H12Cl2F3N3O2/c18-11-6-5-10(14(19)7-11)8-24-25-15(26)9-23-16(27)12-3-1-2-4-13(12)17(20,21)22/h1-8H,9H2,(H,23,27)(H,25,26)/b24-8-. The summed E-state index contributed by atoms with van der Waals surface area (Å²) in [6.45, 7) is -0.559. The lowest BCUT2D eigenvalue weighted by molar-refractivity contribution is -0.137. The highest BCUT2D eigenvalue weighted by atomic mass is 35.5. The minimum Gasteiger partial charge on any atom is -0.343 e. The fourth-order valence-electron chi connectivity index (χ4n) is 2.00. The van der Waals surface area contributed by atoms with Crippen LogP contribution in [-0.2, 0) is 11.0 Å². The number of carbonyl (C=O) groups excluding carboxylic acids is 2. The van der Waals surface area contributed by atoms with Gasteiger partial charge in [-0.2, -0.15) is 18.3 Å². The summed E-state index contributed by atoms with van der Waals surface area (Å²) in [5, 5.41) is 6.52. The average Bonchev–Trinajstić information content (AvgIpc) is 2.61. The molecule has 0 fully saturated rings. The molecule has 2 aromatic carbocycles. The third-order valence-corrected chi connectivity index (χ3v) is 3.80. The summed E-state index contributed by atoms with van der Waals surface area (Å²) < 4.78 is 38.7. The van der Waals surface area contributed by atoms with Gasteiger partial charge >= 0.3 is 6.18 Å². The predicted molar refractivity (Wildman–Crippen MR) is 96.0 cm³/mol. The molecule has 0 aromatic heterocycles. The smallest absolute Gasteiger partial charge is 0.343 e. The predicted octanol–water partition coefficient (Wildman–Crippen LogP) is 3.89. The van der Waals surface area contributed by atoms with Crippen molar-refractivity contribution in [2.75, 3.05) is 6.54 Å². The summed E-state index contributed by atoms with van der Waals surface area (Å²) in [5.41, 5.74) is 0.957. The molecule has 0 heterocycles. The third kappa shape index (κ3) is 5.97. The minimum absolute atomic E-state index is 0.317. The Morgan fingerprint density at radius 2 is 1.81 bits per heavy atom. The van der Waals surface area contributed by atoms with Gasteiger partial charge in [-0.15, -0.1) is 0 Å². The fourth-order valence-corrected chi connectivity index (χ4v) is 2.46. The molecule has 5 nitrogen and oxygen atoms in total. The van der Waals surface area contributed by atoms with Crippen LogP contribution >= 0.6 is 23.2 Å². The fraction of sp³-hybridized carbons (Fsp3) is 0.118. The van der Waals surface area contributed by atoms with Crippen molar-refractivity contribution in [3.63, 3.8) is 0 Å². The SMILES string of the molecule is O=C(CNC(=O)c1ccccc1C(F)(F)F)N/N=C\c1ccc(Cl)cc1Cl. The van der Waals surface area contributed by atoms with E-state index in [-0.39, 0.29) is 0 Å². The molecule has 10 heteroatoms. The average molecular weight is 418 g/mol. The largest absolute Gasteiger partial charge is 0.417 e. The number of hydrazone groups is 1. The van der Waals surface area contributed by atoms with Crippen LogP contribution in [0.2, 0.25) is 10.0 Å². The monoisotopic (exact) mass is 417 g/mol. The molecule has 27 heavy (non-hydrogen) atoms. The van der Waals surface area contributed by atoms with E-state index in [1.54, 1.807) is 12.1 Å². The van der Waals surface area contributed by atoms with Gasteiger partial charge in [0.15, 0.2) is 0 Å².